The van der Waals surface area contributed by atoms with Crippen LogP contribution in [0, 0.1) is 0 Å². The smallest absolute Gasteiger partial charge is 0.238 e. The van der Waals surface area contributed by atoms with Gasteiger partial charge in [-0.2, -0.15) is 9.97 Å². The summed E-state index contributed by atoms with van der Waals surface area (Å²) in [7, 11) is 0. The van der Waals surface area contributed by atoms with E-state index in [0.717, 1.165) is 93.5 Å². The molecule has 6 nitrogen and oxygen atoms in total. The lowest BCUT2D eigenvalue weighted by atomic mass is 10.0. The van der Waals surface area contributed by atoms with Crippen LogP contribution in [-0.2, 0) is 0 Å². The lowest BCUT2D eigenvalue weighted by Gasteiger charge is -2.14. The quantitative estimate of drug-likeness (QED) is 0.177. The molecule has 4 aromatic heterocycles. The SMILES string of the molecule is c1ccc(-c2cccc(-c3nc(-c4ccccc4)nc(-n4c5ccccc5c5ccc6c7ccccc7n(-c7cccc8oc9ccccc9c78)c6c54)n3)c2)cc1. The molecule has 0 radical (unpaired) electrons. The Kier molecular flexibility index (Phi) is 6.83. The predicted molar refractivity (Wildman–Crippen MR) is 232 cm³/mol. The number of aromatic nitrogens is 5. The summed E-state index contributed by atoms with van der Waals surface area (Å²) in [6, 6.07) is 65.4. The van der Waals surface area contributed by atoms with Gasteiger partial charge in [0.15, 0.2) is 11.6 Å². The van der Waals surface area contributed by atoms with E-state index in [1.807, 2.05) is 36.4 Å². The monoisotopic (exact) mass is 729 g/mol. The highest BCUT2D eigenvalue weighted by molar-refractivity contribution is 6.24. The van der Waals surface area contributed by atoms with E-state index in [1.54, 1.807) is 0 Å². The van der Waals surface area contributed by atoms with Crippen molar-refractivity contribution in [2.75, 3.05) is 0 Å². The third kappa shape index (κ3) is 4.81. The van der Waals surface area contributed by atoms with Gasteiger partial charge in [0, 0.05) is 38.1 Å². The zero-order valence-electron chi connectivity index (χ0n) is 30.5. The van der Waals surface area contributed by atoms with Crippen LogP contribution in [0.3, 0.4) is 0 Å². The third-order valence-corrected chi connectivity index (χ3v) is 11.2. The van der Waals surface area contributed by atoms with E-state index in [0.29, 0.717) is 17.6 Å². The van der Waals surface area contributed by atoms with Crippen molar-refractivity contribution < 1.29 is 4.42 Å². The number of fused-ring (bicyclic) bond motifs is 10. The van der Waals surface area contributed by atoms with Crippen LogP contribution in [-0.4, -0.2) is 24.1 Å². The second kappa shape index (κ2) is 12.3. The molecule has 0 saturated carbocycles. The molecule has 6 heteroatoms. The molecule has 4 heterocycles. The van der Waals surface area contributed by atoms with Crippen LogP contribution in [0.5, 0.6) is 0 Å². The summed E-state index contributed by atoms with van der Waals surface area (Å²) in [5.74, 6) is 1.75. The van der Waals surface area contributed by atoms with Gasteiger partial charge in [-0.1, -0.05) is 152 Å². The van der Waals surface area contributed by atoms with E-state index < -0.39 is 0 Å². The highest BCUT2D eigenvalue weighted by Crippen LogP contribution is 2.44. The molecular formula is C51H31N5O. The summed E-state index contributed by atoms with van der Waals surface area (Å²) in [4.78, 5) is 15.8. The number of hydrogen-bond acceptors (Lipinski definition) is 4. The highest BCUT2D eigenvalue weighted by atomic mass is 16.3. The number of furan rings is 1. The summed E-state index contributed by atoms with van der Waals surface area (Å²) in [6.45, 7) is 0. The molecule has 0 fully saturated rings. The van der Waals surface area contributed by atoms with Gasteiger partial charge in [0.25, 0.3) is 0 Å². The number of para-hydroxylation sites is 3. The van der Waals surface area contributed by atoms with Crippen LogP contribution >= 0.6 is 0 Å². The first-order chi connectivity index (χ1) is 28.3. The molecule has 0 N–H and O–H groups in total. The maximum atomic E-state index is 6.45. The fourth-order valence-electron chi connectivity index (χ4n) is 8.68. The molecule has 0 atom stereocenters. The normalized spacial score (nSPS) is 11.9. The average Bonchev–Trinajstić information content (AvgIpc) is 3.95. The first-order valence-electron chi connectivity index (χ1n) is 19.1. The van der Waals surface area contributed by atoms with Crippen LogP contribution in [0.1, 0.15) is 0 Å². The van der Waals surface area contributed by atoms with E-state index in [-0.39, 0.29) is 0 Å². The largest absolute Gasteiger partial charge is 0.456 e. The summed E-state index contributed by atoms with van der Waals surface area (Å²) in [5, 5.41) is 6.68. The highest BCUT2D eigenvalue weighted by Gasteiger charge is 2.25. The number of hydrogen-bond donors (Lipinski definition) is 0. The molecule has 57 heavy (non-hydrogen) atoms. The minimum atomic E-state index is 0.548. The van der Waals surface area contributed by atoms with Gasteiger partial charge in [0.1, 0.15) is 11.2 Å². The Morgan fingerprint density at radius 3 is 1.61 bits per heavy atom. The molecule has 266 valence electrons. The molecule has 12 rings (SSSR count). The first-order valence-corrected chi connectivity index (χ1v) is 19.1. The van der Waals surface area contributed by atoms with Gasteiger partial charge in [0.2, 0.25) is 5.95 Å². The van der Waals surface area contributed by atoms with E-state index in [2.05, 4.69) is 161 Å². The Labute approximate surface area is 326 Å². The van der Waals surface area contributed by atoms with Crippen molar-refractivity contribution in [2.24, 2.45) is 0 Å². The molecule has 0 spiro atoms. The predicted octanol–water partition coefficient (Wildman–Crippen LogP) is 13.0. The minimum absolute atomic E-state index is 0.548. The molecule has 0 bridgehead atoms. The van der Waals surface area contributed by atoms with Gasteiger partial charge in [-0.3, -0.25) is 4.57 Å². The average molecular weight is 730 g/mol. The topological polar surface area (TPSA) is 61.7 Å². The van der Waals surface area contributed by atoms with Crippen molar-refractivity contribution in [3.63, 3.8) is 0 Å². The number of rotatable bonds is 5. The molecule has 0 aliphatic carbocycles. The van der Waals surface area contributed by atoms with Gasteiger partial charge in [-0.15, -0.1) is 0 Å². The zero-order chi connectivity index (χ0) is 37.5. The van der Waals surface area contributed by atoms with Crippen molar-refractivity contribution >= 4 is 65.6 Å². The molecule has 0 saturated heterocycles. The van der Waals surface area contributed by atoms with E-state index in [4.69, 9.17) is 19.4 Å². The maximum Gasteiger partial charge on any atom is 0.238 e. The van der Waals surface area contributed by atoms with Crippen molar-refractivity contribution in [2.45, 2.75) is 0 Å². The second-order valence-corrected chi connectivity index (χ2v) is 14.4. The van der Waals surface area contributed by atoms with E-state index in [1.165, 1.54) is 0 Å². The maximum absolute atomic E-state index is 6.45. The fraction of sp³-hybridized carbons (Fsp3) is 0. The Morgan fingerprint density at radius 2 is 0.877 bits per heavy atom. The van der Waals surface area contributed by atoms with Crippen molar-refractivity contribution in [1.82, 2.24) is 24.1 Å². The van der Waals surface area contributed by atoms with Crippen LogP contribution in [0.15, 0.2) is 192 Å². The summed E-state index contributed by atoms with van der Waals surface area (Å²) in [6.07, 6.45) is 0. The van der Waals surface area contributed by atoms with Crippen LogP contribution in [0.25, 0.3) is 111 Å². The van der Waals surface area contributed by atoms with E-state index in [9.17, 15) is 0 Å². The molecular weight excluding hydrogens is 699 g/mol. The zero-order valence-corrected chi connectivity index (χ0v) is 30.5. The van der Waals surface area contributed by atoms with Crippen molar-refractivity contribution in [1.29, 1.82) is 0 Å². The molecule has 0 amide bonds. The molecule has 0 aliphatic rings. The Bertz CT molecular complexity index is 3520. The third-order valence-electron chi connectivity index (χ3n) is 11.2. The second-order valence-electron chi connectivity index (χ2n) is 14.4. The Hall–Kier alpha value is -7.83. The Balaban J connectivity index is 1.22. The van der Waals surface area contributed by atoms with Gasteiger partial charge in [0.05, 0.1) is 33.1 Å². The van der Waals surface area contributed by atoms with Gasteiger partial charge >= 0.3 is 0 Å². The van der Waals surface area contributed by atoms with Crippen molar-refractivity contribution in [3.8, 4) is 45.5 Å². The molecule has 0 aliphatic heterocycles. The first kappa shape index (κ1) is 31.5. The Morgan fingerprint density at radius 1 is 0.351 bits per heavy atom. The van der Waals surface area contributed by atoms with E-state index >= 15 is 0 Å². The van der Waals surface area contributed by atoms with Crippen LogP contribution in [0.4, 0.5) is 0 Å². The summed E-state index contributed by atoms with van der Waals surface area (Å²) < 4.78 is 11.1. The van der Waals surface area contributed by atoms with Gasteiger partial charge in [-0.25, -0.2) is 4.98 Å². The van der Waals surface area contributed by atoms with Gasteiger partial charge < -0.3 is 8.98 Å². The lowest BCUT2D eigenvalue weighted by Crippen LogP contribution is -2.07. The number of benzene rings is 8. The van der Waals surface area contributed by atoms with Crippen molar-refractivity contribution in [3.05, 3.63) is 188 Å². The molecule has 0 unspecified atom stereocenters. The summed E-state index contributed by atoms with van der Waals surface area (Å²) in [5.41, 5.74) is 11.0. The fourth-order valence-corrected chi connectivity index (χ4v) is 8.68. The van der Waals surface area contributed by atoms with Crippen LogP contribution < -0.4 is 0 Å². The summed E-state index contributed by atoms with van der Waals surface area (Å²) >= 11 is 0. The number of nitrogens with zero attached hydrogens (tertiary/aromatic N) is 5. The standard InChI is InChI=1S/C51H31N5O/c1-3-15-32(16-4-1)34-19-13-20-35(31-34)50-52-49(33-17-5-2-6-18-33)53-51(54-50)56-42-25-11-8-22-37(42)39-30-29-38-36-21-7-10-24-41(36)55(47(38)48(39)56)43-26-14-28-45-46(43)40-23-9-12-27-44(40)57-45/h1-31H. The lowest BCUT2D eigenvalue weighted by molar-refractivity contribution is 0.669. The van der Waals surface area contributed by atoms with Gasteiger partial charge in [-0.05, 0) is 47.5 Å². The molecule has 8 aromatic carbocycles. The molecule has 12 aromatic rings. The minimum Gasteiger partial charge on any atom is -0.456 e. The van der Waals surface area contributed by atoms with Crippen LogP contribution in [0.2, 0.25) is 0 Å².